The lowest BCUT2D eigenvalue weighted by Gasteiger charge is -2.40. The van der Waals surface area contributed by atoms with Gasteiger partial charge in [-0.15, -0.1) is 0 Å². The smallest absolute Gasteiger partial charge is 0.243 e. The average molecular weight is 856 g/mol. The second kappa shape index (κ2) is 30.3. The molecule has 14 heteroatoms. The Bertz CT molecular complexity index is 1230. The Morgan fingerprint density at radius 3 is 2.00 bits per heavy atom. The Morgan fingerprint density at radius 1 is 0.814 bits per heavy atom. The molecule has 0 saturated heterocycles. The zero-order valence-electron chi connectivity index (χ0n) is 39.5. The second-order valence-corrected chi connectivity index (χ2v) is 19.6. The van der Waals surface area contributed by atoms with E-state index in [0.717, 1.165) is 57.0 Å². The molecule has 0 bridgehead atoms. The Kier molecular flexibility index (Phi) is 28.9. The van der Waals surface area contributed by atoms with Crippen LogP contribution in [0.3, 0.4) is 0 Å². The number of likely N-dealkylation sites (N-methyl/N-ethyl adjacent to an activating group) is 2. The molecule has 5 amide bonds. The number of nitrogens with zero attached hydrogens (tertiary/aromatic N) is 3. The van der Waals surface area contributed by atoms with Crippen LogP contribution < -0.4 is 10.6 Å². The molecular weight excluding hydrogens is 771 g/mol. The molecular formula is C45H85N5O8S. The fourth-order valence-electron chi connectivity index (χ4n) is 7.92. The van der Waals surface area contributed by atoms with Gasteiger partial charge in [-0.3, -0.25) is 24.0 Å². The molecule has 0 heterocycles. The van der Waals surface area contributed by atoms with Gasteiger partial charge in [-0.25, -0.2) is 0 Å². The highest BCUT2D eigenvalue weighted by atomic mass is 32.2. The van der Waals surface area contributed by atoms with Crippen molar-refractivity contribution in [2.24, 2.45) is 29.1 Å². The van der Waals surface area contributed by atoms with E-state index < -0.39 is 6.04 Å². The third-order valence-electron chi connectivity index (χ3n) is 11.5. The predicted molar refractivity (Wildman–Crippen MR) is 240 cm³/mol. The summed E-state index contributed by atoms with van der Waals surface area (Å²) in [6.07, 6.45) is 8.93. The number of amides is 5. The first-order chi connectivity index (χ1) is 27.7. The van der Waals surface area contributed by atoms with Gasteiger partial charge < -0.3 is 39.6 Å². The first kappa shape index (κ1) is 56.3. The van der Waals surface area contributed by atoms with Crippen LogP contribution in [0, 0.1) is 29.1 Å². The Hall–Kier alpha value is -2.71. The quantitative estimate of drug-likeness (QED) is 0.0579. The maximum atomic E-state index is 13.8. The summed E-state index contributed by atoms with van der Waals surface area (Å²) in [7, 11) is 8.54. The zero-order valence-corrected chi connectivity index (χ0v) is 40.3. The van der Waals surface area contributed by atoms with Gasteiger partial charge in [-0.2, -0.15) is 11.8 Å². The summed E-state index contributed by atoms with van der Waals surface area (Å²) in [6, 6.07) is -1.02. The number of carbonyl (C=O) groups excluding carboxylic acids is 6. The summed E-state index contributed by atoms with van der Waals surface area (Å²) in [5.74, 6) is 0.297. The molecule has 0 aliphatic heterocycles. The molecule has 59 heavy (non-hydrogen) atoms. The third kappa shape index (κ3) is 22.1. The van der Waals surface area contributed by atoms with Crippen molar-refractivity contribution in [1.82, 2.24) is 25.3 Å². The maximum absolute atomic E-state index is 13.8. The molecule has 7 atom stereocenters. The predicted octanol–water partition coefficient (Wildman–Crippen LogP) is 6.21. The van der Waals surface area contributed by atoms with Crippen molar-refractivity contribution < 1.29 is 38.2 Å². The van der Waals surface area contributed by atoms with Crippen LogP contribution in [0.5, 0.6) is 0 Å². The highest BCUT2D eigenvalue weighted by Gasteiger charge is 2.37. The molecule has 0 aliphatic carbocycles. The van der Waals surface area contributed by atoms with Gasteiger partial charge in [0.05, 0.1) is 30.0 Å². The number of hydrogen-bond acceptors (Lipinski definition) is 9. The van der Waals surface area contributed by atoms with Crippen LogP contribution in [-0.4, -0.2) is 141 Å². The van der Waals surface area contributed by atoms with E-state index in [9.17, 15) is 28.8 Å². The standard InChI is InChI=1S/C45H85N5O8S/c1-15-34(6)42(37(57-13)27-35(21-19-24-46-31-52)43(58-14)33(4)5)50(12)40(55)29-47-44(56)41(32(2)3)49(11)38(53)22-17-16-18-25-48(10)39(54)28-36(30-51)59-26-20-23-45(7,8)9/h30-37,41-43H,15-29H2,1-14H3,(H,46,52)(H,47,56). The lowest BCUT2D eigenvalue weighted by Crippen LogP contribution is -2.55. The molecule has 0 rings (SSSR count). The SMILES string of the molecule is CCC(C)C(C(CC(CCCNC=O)C(OC)C(C)C)OC)N(C)C(=O)CNC(=O)C(C(C)C)N(C)C(=O)CCCCCN(C)C(=O)CC(C=O)SCCCC(C)(C)C. The van der Waals surface area contributed by atoms with Gasteiger partial charge in [0, 0.05) is 61.3 Å². The largest absolute Gasteiger partial charge is 0.381 e. The van der Waals surface area contributed by atoms with Crippen molar-refractivity contribution in [3.8, 4) is 0 Å². The van der Waals surface area contributed by atoms with Crippen LogP contribution in [0.4, 0.5) is 0 Å². The van der Waals surface area contributed by atoms with Crippen molar-refractivity contribution in [1.29, 1.82) is 0 Å². The lowest BCUT2D eigenvalue weighted by molar-refractivity contribution is -0.142. The van der Waals surface area contributed by atoms with E-state index in [4.69, 9.17) is 9.47 Å². The van der Waals surface area contributed by atoms with Crippen LogP contribution in [0.2, 0.25) is 0 Å². The summed E-state index contributed by atoms with van der Waals surface area (Å²) in [5, 5.41) is 5.23. The fourth-order valence-corrected chi connectivity index (χ4v) is 8.87. The van der Waals surface area contributed by atoms with Crippen molar-refractivity contribution >= 4 is 48.1 Å². The molecule has 7 unspecified atom stereocenters. The van der Waals surface area contributed by atoms with Crippen LogP contribution in [-0.2, 0) is 38.2 Å². The zero-order chi connectivity index (χ0) is 45.3. The molecule has 2 N–H and O–H groups in total. The Morgan fingerprint density at radius 2 is 1.47 bits per heavy atom. The maximum Gasteiger partial charge on any atom is 0.243 e. The molecule has 0 aliphatic rings. The highest BCUT2D eigenvalue weighted by molar-refractivity contribution is 8.00. The van der Waals surface area contributed by atoms with Crippen LogP contribution >= 0.6 is 11.8 Å². The van der Waals surface area contributed by atoms with Gasteiger partial charge in [0.15, 0.2) is 0 Å². The van der Waals surface area contributed by atoms with Crippen LogP contribution in [0.25, 0.3) is 0 Å². The molecule has 0 radical (unpaired) electrons. The number of nitrogens with one attached hydrogen (secondary N) is 2. The Labute approximate surface area is 362 Å². The number of thioether (sulfide) groups is 1. The van der Waals surface area contributed by atoms with Gasteiger partial charge in [0.25, 0.3) is 0 Å². The summed E-state index contributed by atoms with van der Waals surface area (Å²) >= 11 is 1.55. The first-order valence-electron chi connectivity index (χ1n) is 22.0. The minimum atomic E-state index is -0.755. The number of hydrogen-bond donors (Lipinski definition) is 2. The van der Waals surface area contributed by atoms with E-state index in [1.807, 2.05) is 13.8 Å². The van der Waals surface area contributed by atoms with Gasteiger partial charge in [0.1, 0.15) is 12.3 Å². The van der Waals surface area contributed by atoms with E-state index >= 15 is 0 Å². The van der Waals surface area contributed by atoms with Crippen LogP contribution in [0.1, 0.15) is 133 Å². The number of aldehydes is 1. The third-order valence-corrected chi connectivity index (χ3v) is 12.8. The molecule has 0 spiro atoms. The molecule has 344 valence electrons. The number of ether oxygens (including phenoxy) is 2. The van der Waals surface area contributed by atoms with Gasteiger partial charge in [0.2, 0.25) is 30.0 Å². The van der Waals surface area contributed by atoms with E-state index in [1.165, 1.54) is 4.90 Å². The van der Waals surface area contributed by atoms with Crippen LogP contribution in [0.15, 0.2) is 0 Å². The number of rotatable bonds is 33. The van der Waals surface area contributed by atoms with Crippen molar-refractivity contribution in [2.75, 3.05) is 60.7 Å². The van der Waals surface area contributed by atoms with Gasteiger partial charge in [-0.1, -0.05) is 75.2 Å². The van der Waals surface area contributed by atoms with Crippen molar-refractivity contribution in [3.63, 3.8) is 0 Å². The normalized spacial score (nSPS) is 15.4. The number of carbonyl (C=O) groups is 6. The van der Waals surface area contributed by atoms with Gasteiger partial charge in [-0.05, 0) is 79.8 Å². The van der Waals surface area contributed by atoms with E-state index in [0.29, 0.717) is 32.3 Å². The summed E-state index contributed by atoms with van der Waals surface area (Å²) in [4.78, 5) is 80.7. The van der Waals surface area contributed by atoms with Crippen molar-refractivity contribution in [3.05, 3.63) is 0 Å². The number of methoxy groups -OCH3 is 2. The van der Waals surface area contributed by atoms with Crippen molar-refractivity contribution in [2.45, 2.75) is 162 Å². The monoisotopic (exact) mass is 856 g/mol. The Balaban J connectivity index is 5.33. The van der Waals surface area contributed by atoms with E-state index in [2.05, 4.69) is 59.1 Å². The summed E-state index contributed by atoms with van der Waals surface area (Å²) < 4.78 is 12.1. The molecule has 0 saturated carbocycles. The molecule has 0 aromatic carbocycles. The fraction of sp³-hybridized carbons (Fsp3) is 0.867. The summed E-state index contributed by atoms with van der Waals surface area (Å²) in [6.45, 7) is 19.7. The average Bonchev–Trinajstić information content (AvgIpc) is 3.17. The summed E-state index contributed by atoms with van der Waals surface area (Å²) in [5.41, 5.74) is 0.248. The number of unbranched alkanes of at least 4 members (excludes halogenated alkanes) is 2. The van der Waals surface area contributed by atoms with Gasteiger partial charge >= 0.3 is 0 Å². The second-order valence-electron chi connectivity index (χ2n) is 18.3. The topological polar surface area (TPSA) is 155 Å². The molecule has 0 aromatic rings. The molecule has 13 nitrogen and oxygen atoms in total. The highest BCUT2D eigenvalue weighted by Crippen LogP contribution is 2.31. The minimum Gasteiger partial charge on any atom is -0.381 e. The van der Waals surface area contributed by atoms with E-state index in [1.54, 1.807) is 56.9 Å². The minimum absolute atomic E-state index is 0.0300. The first-order valence-corrected chi connectivity index (χ1v) is 23.1. The lowest BCUT2D eigenvalue weighted by atomic mass is 9.81. The molecule has 0 fully saturated rings. The van der Waals surface area contributed by atoms with E-state index in [-0.39, 0.29) is 95.6 Å². The molecule has 0 aromatic heterocycles.